The van der Waals surface area contributed by atoms with E-state index in [2.05, 4.69) is 65.0 Å². The van der Waals surface area contributed by atoms with E-state index in [1.807, 2.05) is 12.1 Å². The van der Waals surface area contributed by atoms with Crippen molar-refractivity contribution < 1.29 is 9.47 Å². The minimum atomic E-state index is 0.222. The highest BCUT2D eigenvalue weighted by Crippen LogP contribution is 2.27. The maximum atomic E-state index is 5.82. The van der Waals surface area contributed by atoms with Crippen molar-refractivity contribution in [2.45, 2.75) is 45.6 Å². The van der Waals surface area contributed by atoms with Gasteiger partial charge >= 0.3 is 0 Å². The molecule has 0 bridgehead atoms. The SMILES string of the molecule is COc1cc(Br)cc(CC2CCN(CCc3cccc(OC(C)C)c3)CC2)c1. The van der Waals surface area contributed by atoms with Crippen LogP contribution in [-0.2, 0) is 12.8 Å². The average molecular weight is 446 g/mol. The summed E-state index contributed by atoms with van der Waals surface area (Å²) >= 11 is 3.59. The van der Waals surface area contributed by atoms with Crippen LogP contribution in [0.3, 0.4) is 0 Å². The molecule has 4 heteroatoms. The Kier molecular flexibility index (Phi) is 7.81. The lowest BCUT2D eigenvalue weighted by Gasteiger charge is -2.32. The molecule has 0 radical (unpaired) electrons. The summed E-state index contributed by atoms with van der Waals surface area (Å²) < 4.78 is 12.3. The van der Waals surface area contributed by atoms with Gasteiger partial charge in [-0.25, -0.2) is 0 Å². The molecule has 0 unspecified atom stereocenters. The number of hydrogen-bond acceptors (Lipinski definition) is 3. The zero-order valence-electron chi connectivity index (χ0n) is 17.3. The third-order valence-electron chi connectivity index (χ3n) is 5.39. The Labute approximate surface area is 178 Å². The average Bonchev–Trinajstić information content (AvgIpc) is 2.67. The van der Waals surface area contributed by atoms with Crippen LogP contribution < -0.4 is 9.47 Å². The Bertz CT molecular complexity index is 754. The van der Waals surface area contributed by atoms with Gasteiger partial charge in [0.2, 0.25) is 0 Å². The van der Waals surface area contributed by atoms with Crippen LogP contribution in [0.25, 0.3) is 0 Å². The fraction of sp³-hybridized carbons (Fsp3) is 0.500. The Hall–Kier alpha value is -1.52. The second-order valence-corrected chi connectivity index (χ2v) is 8.97. The van der Waals surface area contributed by atoms with Gasteiger partial charge < -0.3 is 14.4 Å². The summed E-state index contributed by atoms with van der Waals surface area (Å²) in [6.45, 7) is 7.65. The predicted molar refractivity (Wildman–Crippen MR) is 119 cm³/mol. The standard InChI is InChI=1S/C24H32BrNO2/c1-18(2)28-23-6-4-5-19(15-23)7-10-26-11-8-20(9-12-26)13-21-14-22(25)17-24(16-21)27-3/h4-6,14-18,20H,7-13H2,1-3H3. The fourth-order valence-electron chi connectivity index (χ4n) is 3.94. The summed E-state index contributed by atoms with van der Waals surface area (Å²) in [4.78, 5) is 2.61. The van der Waals surface area contributed by atoms with Crippen molar-refractivity contribution in [3.05, 3.63) is 58.1 Å². The maximum Gasteiger partial charge on any atom is 0.120 e. The highest BCUT2D eigenvalue weighted by Gasteiger charge is 2.19. The summed E-state index contributed by atoms with van der Waals surface area (Å²) in [6, 6.07) is 15.0. The Morgan fingerprint density at radius 3 is 2.50 bits per heavy atom. The molecule has 1 heterocycles. The van der Waals surface area contributed by atoms with Gasteiger partial charge in [-0.3, -0.25) is 0 Å². The molecule has 0 atom stereocenters. The first-order valence-electron chi connectivity index (χ1n) is 10.3. The summed E-state index contributed by atoms with van der Waals surface area (Å²) in [5, 5.41) is 0. The number of ether oxygens (including phenoxy) is 2. The molecule has 0 amide bonds. The number of methoxy groups -OCH3 is 1. The minimum Gasteiger partial charge on any atom is -0.497 e. The van der Waals surface area contributed by atoms with E-state index in [1.54, 1.807) is 7.11 Å². The molecule has 1 fully saturated rings. The van der Waals surface area contributed by atoms with Crippen molar-refractivity contribution in [3.8, 4) is 11.5 Å². The third-order valence-corrected chi connectivity index (χ3v) is 5.84. The van der Waals surface area contributed by atoms with Crippen LogP contribution in [0.4, 0.5) is 0 Å². The molecule has 152 valence electrons. The van der Waals surface area contributed by atoms with Gasteiger partial charge in [0.05, 0.1) is 13.2 Å². The van der Waals surface area contributed by atoms with Gasteiger partial charge in [-0.15, -0.1) is 0 Å². The molecule has 3 nitrogen and oxygen atoms in total. The monoisotopic (exact) mass is 445 g/mol. The number of benzene rings is 2. The molecule has 2 aromatic carbocycles. The van der Waals surface area contributed by atoms with E-state index in [-0.39, 0.29) is 6.10 Å². The van der Waals surface area contributed by atoms with Crippen molar-refractivity contribution in [1.29, 1.82) is 0 Å². The summed E-state index contributed by atoms with van der Waals surface area (Å²) in [5.41, 5.74) is 2.73. The molecular weight excluding hydrogens is 414 g/mol. The van der Waals surface area contributed by atoms with Gasteiger partial charge in [-0.2, -0.15) is 0 Å². The first kappa shape index (κ1) is 21.2. The molecule has 0 saturated carbocycles. The highest BCUT2D eigenvalue weighted by atomic mass is 79.9. The summed E-state index contributed by atoms with van der Waals surface area (Å²) in [6.07, 6.45) is 4.98. The first-order valence-corrected chi connectivity index (χ1v) is 11.1. The van der Waals surface area contributed by atoms with Crippen molar-refractivity contribution in [3.63, 3.8) is 0 Å². The van der Waals surface area contributed by atoms with E-state index < -0.39 is 0 Å². The lowest BCUT2D eigenvalue weighted by atomic mass is 9.90. The topological polar surface area (TPSA) is 21.7 Å². The van der Waals surface area contributed by atoms with E-state index in [0.29, 0.717) is 0 Å². The number of halogens is 1. The van der Waals surface area contributed by atoms with Crippen LogP contribution in [0, 0.1) is 5.92 Å². The smallest absolute Gasteiger partial charge is 0.120 e. The summed E-state index contributed by atoms with van der Waals surface area (Å²) in [5.74, 6) is 2.68. The molecule has 0 aliphatic carbocycles. The molecule has 0 N–H and O–H groups in total. The molecule has 0 spiro atoms. The Balaban J connectivity index is 1.45. The Morgan fingerprint density at radius 1 is 1.04 bits per heavy atom. The van der Waals surface area contributed by atoms with Crippen LogP contribution in [-0.4, -0.2) is 37.7 Å². The van der Waals surface area contributed by atoms with Crippen molar-refractivity contribution in [2.75, 3.05) is 26.7 Å². The number of rotatable bonds is 8. The largest absolute Gasteiger partial charge is 0.497 e. The fourth-order valence-corrected chi connectivity index (χ4v) is 4.46. The molecule has 28 heavy (non-hydrogen) atoms. The molecule has 0 aromatic heterocycles. The quantitative estimate of drug-likeness (QED) is 0.516. The molecule has 1 aliphatic rings. The zero-order valence-corrected chi connectivity index (χ0v) is 18.9. The van der Waals surface area contributed by atoms with E-state index in [1.165, 1.54) is 37.1 Å². The first-order chi connectivity index (χ1) is 13.5. The van der Waals surface area contributed by atoms with E-state index >= 15 is 0 Å². The van der Waals surface area contributed by atoms with Crippen LogP contribution in [0.1, 0.15) is 37.8 Å². The Morgan fingerprint density at radius 2 is 1.79 bits per heavy atom. The molecule has 1 aliphatic heterocycles. The number of hydrogen-bond donors (Lipinski definition) is 0. The van der Waals surface area contributed by atoms with E-state index in [4.69, 9.17) is 9.47 Å². The van der Waals surface area contributed by atoms with Crippen LogP contribution in [0.15, 0.2) is 46.9 Å². The molecule has 3 rings (SSSR count). The molecular formula is C24H32BrNO2. The van der Waals surface area contributed by atoms with Crippen molar-refractivity contribution in [1.82, 2.24) is 4.90 Å². The second kappa shape index (κ2) is 10.3. The van der Waals surface area contributed by atoms with Crippen molar-refractivity contribution in [2.24, 2.45) is 5.92 Å². The number of piperidine rings is 1. The minimum absolute atomic E-state index is 0.222. The maximum absolute atomic E-state index is 5.82. The summed E-state index contributed by atoms with van der Waals surface area (Å²) in [7, 11) is 1.73. The van der Waals surface area contributed by atoms with Crippen molar-refractivity contribution >= 4 is 15.9 Å². The molecule has 2 aromatic rings. The zero-order chi connectivity index (χ0) is 19.9. The van der Waals surface area contributed by atoms with Gasteiger partial charge in [0.15, 0.2) is 0 Å². The van der Waals surface area contributed by atoms with Crippen LogP contribution >= 0.6 is 15.9 Å². The van der Waals surface area contributed by atoms with Gasteiger partial charge in [-0.05, 0) is 100.0 Å². The predicted octanol–water partition coefficient (Wildman–Crippen LogP) is 5.74. The third kappa shape index (κ3) is 6.52. The molecule has 1 saturated heterocycles. The van der Waals surface area contributed by atoms with Gasteiger partial charge in [-0.1, -0.05) is 28.1 Å². The lowest BCUT2D eigenvalue weighted by molar-refractivity contribution is 0.185. The number of likely N-dealkylation sites (tertiary alicyclic amines) is 1. The van der Waals surface area contributed by atoms with Crippen LogP contribution in [0.5, 0.6) is 11.5 Å². The van der Waals surface area contributed by atoms with Crippen LogP contribution in [0.2, 0.25) is 0 Å². The van der Waals surface area contributed by atoms with Gasteiger partial charge in [0.25, 0.3) is 0 Å². The van der Waals surface area contributed by atoms with E-state index in [9.17, 15) is 0 Å². The van der Waals surface area contributed by atoms with Gasteiger partial charge in [0, 0.05) is 11.0 Å². The lowest BCUT2D eigenvalue weighted by Crippen LogP contribution is -2.35. The number of nitrogens with zero attached hydrogens (tertiary/aromatic N) is 1. The highest BCUT2D eigenvalue weighted by molar-refractivity contribution is 9.10. The van der Waals surface area contributed by atoms with E-state index in [0.717, 1.165) is 41.3 Å². The van der Waals surface area contributed by atoms with Gasteiger partial charge in [0.1, 0.15) is 11.5 Å². The second-order valence-electron chi connectivity index (χ2n) is 8.05. The normalized spacial score (nSPS) is 15.8.